The van der Waals surface area contributed by atoms with Crippen molar-refractivity contribution in [1.82, 2.24) is 9.88 Å². The minimum atomic E-state index is 0. The van der Waals surface area contributed by atoms with Gasteiger partial charge in [0.1, 0.15) is 5.76 Å². The first-order chi connectivity index (χ1) is 10.2. The minimum absolute atomic E-state index is 0. The lowest BCUT2D eigenvalue weighted by atomic mass is 10.2. The normalized spacial score (nSPS) is 17.6. The van der Waals surface area contributed by atoms with Crippen LogP contribution in [0.2, 0.25) is 0 Å². The summed E-state index contributed by atoms with van der Waals surface area (Å²) in [5.41, 5.74) is 8.00. The second-order valence-corrected chi connectivity index (χ2v) is 6.41. The average molecular weight is 376 g/mol. The Morgan fingerprint density at radius 3 is 2.57 bits per heavy atom. The molecule has 128 valence electrons. The zero-order valence-electron chi connectivity index (χ0n) is 13.3. The smallest absolute Gasteiger partial charge is 0.226 e. The summed E-state index contributed by atoms with van der Waals surface area (Å²) < 4.78 is 5.84. The summed E-state index contributed by atoms with van der Waals surface area (Å²) in [5.74, 6) is 1.61. The molecule has 2 aromatic rings. The number of thioether (sulfide) groups is 1. The van der Waals surface area contributed by atoms with Gasteiger partial charge in [0.05, 0.1) is 5.69 Å². The lowest BCUT2D eigenvalue weighted by Crippen LogP contribution is -2.26. The number of rotatable bonds is 4. The lowest BCUT2D eigenvalue weighted by Gasteiger charge is -2.12. The van der Waals surface area contributed by atoms with E-state index in [1.54, 1.807) is 11.8 Å². The molecule has 4 nitrogen and oxygen atoms in total. The van der Waals surface area contributed by atoms with Crippen LogP contribution in [0.15, 0.2) is 33.6 Å². The molecule has 7 heteroatoms. The Kier molecular flexibility index (Phi) is 7.90. The molecule has 1 aliphatic rings. The molecule has 0 amide bonds. The van der Waals surface area contributed by atoms with E-state index in [1.807, 2.05) is 6.92 Å². The van der Waals surface area contributed by atoms with Crippen molar-refractivity contribution in [1.29, 1.82) is 0 Å². The molecule has 1 aromatic carbocycles. The van der Waals surface area contributed by atoms with Gasteiger partial charge < -0.3 is 10.2 Å². The Morgan fingerprint density at radius 2 is 2.00 bits per heavy atom. The fourth-order valence-electron chi connectivity index (χ4n) is 2.65. The largest absolute Gasteiger partial charge is 0.441 e. The summed E-state index contributed by atoms with van der Waals surface area (Å²) >= 11 is 1.73. The Morgan fingerprint density at radius 1 is 1.30 bits per heavy atom. The van der Waals surface area contributed by atoms with Crippen LogP contribution in [0.1, 0.15) is 17.9 Å². The number of oxazole rings is 1. The van der Waals surface area contributed by atoms with E-state index in [9.17, 15) is 0 Å². The van der Waals surface area contributed by atoms with Crippen molar-refractivity contribution >= 4 is 36.6 Å². The van der Waals surface area contributed by atoms with Crippen LogP contribution in [0, 0.1) is 6.92 Å². The fourth-order valence-corrected chi connectivity index (χ4v) is 3.06. The summed E-state index contributed by atoms with van der Waals surface area (Å²) in [6.07, 6.45) is 3.14. The molecule has 1 fully saturated rings. The molecule has 23 heavy (non-hydrogen) atoms. The van der Waals surface area contributed by atoms with Crippen molar-refractivity contribution < 1.29 is 4.42 Å². The highest BCUT2D eigenvalue weighted by Gasteiger charge is 2.21. The molecule has 2 heterocycles. The van der Waals surface area contributed by atoms with Crippen LogP contribution in [-0.4, -0.2) is 35.3 Å². The molecule has 2 N–H and O–H groups in total. The monoisotopic (exact) mass is 375 g/mol. The topological polar surface area (TPSA) is 55.3 Å². The van der Waals surface area contributed by atoms with E-state index < -0.39 is 0 Å². The van der Waals surface area contributed by atoms with Crippen LogP contribution in [0.25, 0.3) is 11.5 Å². The number of hydrogen-bond acceptors (Lipinski definition) is 5. The van der Waals surface area contributed by atoms with Gasteiger partial charge in [-0.3, -0.25) is 4.90 Å². The van der Waals surface area contributed by atoms with Gasteiger partial charge in [-0.2, -0.15) is 0 Å². The summed E-state index contributed by atoms with van der Waals surface area (Å²) in [6.45, 7) is 4.80. The summed E-state index contributed by atoms with van der Waals surface area (Å²) in [5, 5.41) is 0. The number of benzene rings is 1. The van der Waals surface area contributed by atoms with Gasteiger partial charge in [-0.25, -0.2) is 4.98 Å². The third-order valence-corrected chi connectivity index (χ3v) is 4.66. The molecule has 3 rings (SSSR count). The van der Waals surface area contributed by atoms with E-state index in [2.05, 4.69) is 40.4 Å². The first-order valence-corrected chi connectivity index (χ1v) is 8.47. The number of aryl methyl sites for hydroxylation is 1. The molecule has 0 radical (unpaired) electrons. The van der Waals surface area contributed by atoms with E-state index in [1.165, 1.54) is 4.90 Å². The first-order valence-electron chi connectivity index (χ1n) is 7.24. The molecule has 1 aliphatic heterocycles. The number of nitrogens with two attached hydrogens (primary N) is 1. The van der Waals surface area contributed by atoms with E-state index >= 15 is 0 Å². The number of likely N-dealkylation sites (tertiary alicyclic amines) is 1. The van der Waals surface area contributed by atoms with E-state index in [0.29, 0.717) is 11.9 Å². The molecule has 1 unspecified atom stereocenters. The predicted molar refractivity (Wildman–Crippen MR) is 101 cm³/mol. The Hall–Kier alpha value is -0.720. The van der Waals surface area contributed by atoms with Gasteiger partial charge in [0.25, 0.3) is 0 Å². The fraction of sp³-hybridized carbons (Fsp3) is 0.438. The minimum Gasteiger partial charge on any atom is -0.441 e. The molecule has 1 saturated heterocycles. The highest BCUT2D eigenvalue weighted by molar-refractivity contribution is 7.98. The van der Waals surface area contributed by atoms with Crippen molar-refractivity contribution in [2.24, 2.45) is 5.73 Å². The van der Waals surface area contributed by atoms with Crippen LogP contribution < -0.4 is 5.73 Å². The molecule has 1 aromatic heterocycles. The van der Waals surface area contributed by atoms with Crippen LogP contribution >= 0.6 is 36.6 Å². The van der Waals surface area contributed by atoms with Gasteiger partial charge >= 0.3 is 0 Å². The maximum absolute atomic E-state index is 5.95. The molecule has 0 aliphatic carbocycles. The van der Waals surface area contributed by atoms with Gasteiger partial charge in [0.2, 0.25) is 5.89 Å². The zero-order valence-corrected chi connectivity index (χ0v) is 15.8. The van der Waals surface area contributed by atoms with Gasteiger partial charge in [-0.1, -0.05) is 0 Å². The van der Waals surface area contributed by atoms with Gasteiger partial charge in [0.15, 0.2) is 0 Å². The van der Waals surface area contributed by atoms with Crippen LogP contribution in [0.3, 0.4) is 0 Å². The van der Waals surface area contributed by atoms with Crippen molar-refractivity contribution in [2.75, 3.05) is 19.3 Å². The van der Waals surface area contributed by atoms with Crippen molar-refractivity contribution in [3.8, 4) is 11.5 Å². The Balaban J connectivity index is 0.00000132. The number of nitrogens with zero attached hydrogens (tertiary/aromatic N) is 2. The molecule has 0 spiro atoms. The highest BCUT2D eigenvalue weighted by Crippen LogP contribution is 2.25. The number of hydrogen-bond donors (Lipinski definition) is 1. The molecular formula is C16H23Cl2N3OS. The molecule has 0 bridgehead atoms. The SMILES string of the molecule is CSc1ccc(-c2nc(CN3CCC(N)C3)c(C)o2)cc1.Cl.Cl. The maximum atomic E-state index is 5.95. The average Bonchev–Trinajstić information content (AvgIpc) is 3.06. The van der Waals surface area contributed by atoms with Crippen LogP contribution in [0.5, 0.6) is 0 Å². The lowest BCUT2D eigenvalue weighted by molar-refractivity contribution is 0.321. The maximum Gasteiger partial charge on any atom is 0.226 e. The first kappa shape index (κ1) is 20.3. The van der Waals surface area contributed by atoms with E-state index in [4.69, 9.17) is 10.2 Å². The highest BCUT2D eigenvalue weighted by atomic mass is 35.5. The van der Waals surface area contributed by atoms with Gasteiger partial charge in [-0.15, -0.1) is 36.6 Å². The van der Waals surface area contributed by atoms with Crippen molar-refractivity contribution in [3.63, 3.8) is 0 Å². The standard InChI is InChI=1S/C16H21N3OS.2ClH/c1-11-15(10-19-8-7-13(17)9-19)18-16(20-11)12-3-5-14(21-2)6-4-12;;/h3-6,13H,7-10,17H2,1-2H3;2*1H. The second kappa shape index (κ2) is 8.94. The Labute approximate surface area is 154 Å². The predicted octanol–water partition coefficient (Wildman–Crippen LogP) is 3.75. The van der Waals surface area contributed by atoms with Crippen molar-refractivity contribution in [2.45, 2.75) is 30.8 Å². The Bertz CT molecular complexity index is 618. The summed E-state index contributed by atoms with van der Waals surface area (Å²) in [4.78, 5) is 8.26. The second-order valence-electron chi connectivity index (χ2n) is 5.53. The molecular weight excluding hydrogens is 353 g/mol. The van der Waals surface area contributed by atoms with E-state index in [0.717, 1.165) is 43.1 Å². The van der Waals surface area contributed by atoms with Crippen LogP contribution in [0.4, 0.5) is 0 Å². The molecule has 0 saturated carbocycles. The summed E-state index contributed by atoms with van der Waals surface area (Å²) in [7, 11) is 0. The quantitative estimate of drug-likeness (QED) is 0.824. The number of aromatic nitrogens is 1. The number of halogens is 2. The van der Waals surface area contributed by atoms with Gasteiger partial charge in [-0.05, 0) is 43.9 Å². The zero-order chi connectivity index (χ0) is 14.8. The molecule has 1 atom stereocenters. The van der Waals surface area contributed by atoms with Gasteiger partial charge in [0, 0.05) is 36.1 Å². The van der Waals surface area contributed by atoms with Crippen LogP contribution in [-0.2, 0) is 6.54 Å². The summed E-state index contributed by atoms with van der Waals surface area (Å²) in [6, 6.07) is 8.62. The van der Waals surface area contributed by atoms with Crippen molar-refractivity contribution in [3.05, 3.63) is 35.7 Å². The third-order valence-electron chi connectivity index (χ3n) is 3.91. The van der Waals surface area contributed by atoms with E-state index in [-0.39, 0.29) is 24.8 Å². The third kappa shape index (κ3) is 4.88.